The highest BCUT2D eigenvalue weighted by molar-refractivity contribution is 9.10. The van der Waals surface area contributed by atoms with Gasteiger partial charge in [0.05, 0.1) is 17.2 Å². The minimum atomic E-state index is 0.334. The Morgan fingerprint density at radius 2 is 1.68 bits per heavy atom. The molecule has 0 radical (unpaired) electrons. The molecule has 0 bridgehead atoms. The third-order valence-corrected chi connectivity index (χ3v) is 3.36. The maximum Gasteiger partial charge on any atom is 0.159 e. The van der Waals surface area contributed by atoms with Gasteiger partial charge < -0.3 is 0 Å². The summed E-state index contributed by atoms with van der Waals surface area (Å²) in [7, 11) is 0. The SMILES string of the molecule is N#Cc1cnc2ccc(-c3ccc(Br)cc3)cc2n1. The highest BCUT2D eigenvalue weighted by Crippen LogP contribution is 2.24. The zero-order valence-corrected chi connectivity index (χ0v) is 11.4. The molecule has 3 aromatic rings. The Kier molecular flexibility index (Phi) is 2.98. The molecule has 0 amide bonds. The Bertz CT molecular complexity index is 789. The maximum atomic E-state index is 8.86. The van der Waals surface area contributed by atoms with Crippen molar-refractivity contribution in [3.63, 3.8) is 0 Å². The number of rotatable bonds is 1. The summed E-state index contributed by atoms with van der Waals surface area (Å²) in [6.07, 6.45) is 1.49. The van der Waals surface area contributed by atoms with Gasteiger partial charge in [-0.05, 0) is 35.4 Å². The summed E-state index contributed by atoms with van der Waals surface area (Å²) in [5.41, 5.74) is 4.03. The molecule has 0 saturated carbocycles. The topological polar surface area (TPSA) is 49.6 Å². The van der Waals surface area contributed by atoms with Crippen LogP contribution in [0.25, 0.3) is 22.2 Å². The van der Waals surface area contributed by atoms with Crippen molar-refractivity contribution in [1.82, 2.24) is 9.97 Å². The predicted molar refractivity (Wildman–Crippen MR) is 77.4 cm³/mol. The van der Waals surface area contributed by atoms with Gasteiger partial charge in [-0.25, -0.2) is 4.98 Å². The van der Waals surface area contributed by atoms with Crippen LogP contribution in [-0.4, -0.2) is 9.97 Å². The predicted octanol–water partition coefficient (Wildman–Crippen LogP) is 3.93. The van der Waals surface area contributed by atoms with Gasteiger partial charge in [-0.3, -0.25) is 4.98 Å². The van der Waals surface area contributed by atoms with E-state index in [1.54, 1.807) is 0 Å². The minimum Gasteiger partial charge on any atom is -0.252 e. The van der Waals surface area contributed by atoms with Crippen molar-refractivity contribution in [1.29, 1.82) is 5.26 Å². The van der Waals surface area contributed by atoms with Gasteiger partial charge in [0.1, 0.15) is 6.07 Å². The van der Waals surface area contributed by atoms with Crippen LogP contribution in [0.5, 0.6) is 0 Å². The molecule has 0 saturated heterocycles. The number of hydrogen-bond acceptors (Lipinski definition) is 3. The van der Waals surface area contributed by atoms with Crippen LogP contribution in [0.3, 0.4) is 0 Å². The molecule has 0 aliphatic rings. The van der Waals surface area contributed by atoms with Crippen LogP contribution < -0.4 is 0 Å². The van der Waals surface area contributed by atoms with Crippen molar-refractivity contribution < 1.29 is 0 Å². The summed E-state index contributed by atoms with van der Waals surface area (Å²) in [6, 6.07) is 15.9. The molecular formula is C15H8BrN3. The zero-order chi connectivity index (χ0) is 13.2. The molecule has 0 N–H and O–H groups in total. The summed E-state index contributed by atoms with van der Waals surface area (Å²) in [4.78, 5) is 8.47. The van der Waals surface area contributed by atoms with Crippen LogP contribution in [0.1, 0.15) is 5.69 Å². The van der Waals surface area contributed by atoms with Gasteiger partial charge in [-0.15, -0.1) is 0 Å². The van der Waals surface area contributed by atoms with E-state index in [0.717, 1.165) is 26.6 Å². The quantitative estimate of drug-likeness (QED) is 0.684. The van der Waals surface area contributed by atoms with Crippen LogP contribution in [0.15, 0.2) is 53.1 Å². The largest absolute Gasteiger partial charge is 0.252 e. The molecule has 3 nitrogen and oxygen atoms in total. The molecule has 0 unspecified atom stereocenters. The van der Waals surface area contributed by atoms with Gasteiger partial charge in [0.15, 0.2) is 5.69 Å². The van der Waals surface area contributed by atoms with Crippen LogP contribution in [0.2, 0.25) is 0 Å². The van der Waals surface area contributed by atoms with Crippen molar-refractivity contribution in [2.75, 3.05) is 0 Å². The van der Waals surface area contributed by atoms with Crippen LogP contribution in [0, 0.1) is 11.3 Å². The summed E-state index contributed by atoms with van der Waals surface area (Å²) in [6.45, 7) is 0. The molecule has 0 atom stereocenters. The Balaban J connectivity index is 2.15. The van der Waals surface area contributed by atoms with Crippen molar-refractivity contribution in [2.24, 2.45) is 0 Å². The Morgan fingerprint density at radius 1 is 0.947 bits per heavy atom. The van der Waals surface area contributed by atoms with Gasteiger partial charge in [-0.2, -0.15) is 5.26 Å². The molecule has 0 fully saturated rings. The summed E-state index contributed by atoms with van der Waals surface area (Å²) < 4.78 is 1.04. The standard InChI is InChI=1S/C15H8BrN3/c16-12-4-1-10(2-5-12)11-3-6-14-15(7-11)19-13(8-17)9-18-14/h1-7,9H. The first-order valence-electron chi connectivity index (χ1n) is 5.69. The summed E-state index contributed by atoms with van der Waals surface area (Å²) in [5, 5.41) is 8.86. The van der Waals surface area contributed by atoms with Crippen molar-refractivity contribution in [3.05, 3.63) is 58.8 Å². The summed E-state index contributed by atoms with van der Waals surface area (Å²) >= 11 is 3.42. The van der Waals surface area contributed by atoms with Gasteiger partial charge in [0.2, 0.25) is 0 Å². The number of benzene rings is 2. The monoisotopic (exact) mass is 309 g/mol. The number of hydrogen-bond donors (Lipinski definition) is 0. The van der Waals surface area contributed by atoms with Crippen molar-refractivity contribution in [3.8, 4) is 17.2 Å². The van der Waals surface area contributed by atoms with Gasteiger partial charge in [0, 0.05) is 4.47 Å². The van der Waals surface area contributed by atoms with Crippen molar-refractivity contribution >= 4 is 27.0 Å². The van der Waals surface area contributed by atoms with E-state index in [1.165, 1.54) is 6.20 Å². The first-order chi connectivity index (χ1) is 9.26. The lowest BCUT2D eigenvalue weighted by Crippen LogP contribution is -1.88. The van der Waals surface area contributed by atoms with Gasteiger partial charge in [-0.1, -0.05) is 34.1 Å². The Hall–Kier alpha value is -2.25. The van der Waals surface area contributed by atoms with E-state index >= 15 is 0 Å². The second-order valence-corrected chi connectivity index (χ2v) is 4.99. The van der Waals surface area contributed by atoms with E-state index in [4.69, 9.17) is 5.26 Å². The lowest BCUT2D eigenvalue weighted by molar-refractivity contribution is 1.24. The molecule has 0 spiro atoms. The number of nitrogens with zero attached hydrogens (tertiary/aromatic N) is 3. The fourth-order valence-corrected chi connectivity index (χ4v) is 2.15. The van der Waals surface area contributed by atoms with Crippen LogP contribution >= 0.6 is 15.9 Å². The number of fused-ring (bicyclic) bond motifs is 1. The number of nitriles is 1. The minimum absolute atomic E-state index is 0.334. The molecule has 1 heterocycles. The lowest BCUT2D eigenvalue weighted by atomic mass is 10.1. The third-order valence-electron chi connectivity index (χ3n) is 2.83. The first-order valence-corrected chi connectivity index (χ1v) is 6.48. The second kappa shape index (κ2) is 4.79. The van der Waals surface area contributed by atoms with Crippen LogP contribution in [-0.2, 0) is 0 Å². The van der Waals surface area contributed by atoms with Gasteiger partial charge >= 0.3 is 0 Å². The maximum absolute atomic E-state index is 8.86. The Morgan fingerprint density at radius 3 is 2.42 bits per heavy atom. The third kappa shape index (κ3) is 2.33. The molecular weight excluding hydrogens is 302 g/mol. The number of aromatic nitrogens is 2. The molecule has 2 aromatic carbocycles. The van der Waals surface area contributed by atoms with E-state index in [9.17, 15) is 0 Å². The fraction of sp³-hybridized carbons (Fsp3) is 0. The molecule has 0 aliphatic heterocycles. The Labute approximate surface area is 118 Å². The highest BCUT2D eigenvalue weighted by Gasteiger charge is 2.03. The van der Waals surface area contributed by atoms with E-state index in [1.807, 2.05) is 48.5 Å². The zero-order valence-electron chi connectivity index (χ0n) is 9.84. The fourth-order valence-electron chi connectivity index (χ4n) is 1.89. The molecule has 4 heteroatoms. The normalized spacial score (nSPS) is 10.3. The molecule has 3 rings (SSSR count). The molecule has 1 aromatic heterocycles. The van der Waals surface area contributed by atoms with Crippen molar-refractivity contribution in [2.45, 2.75) is 0 Å². The van der Waals surface area contributed by atoms with E-state index in [-0.39, 0.29) is 0 Å². The van der Waals surface area contributed by atoms with E-state index in [0.29, 0.717) is 5.69 Å². The van der Waals surface area contributed by atoms with Crippen LogP contribution in [0.4, 0.5) is 0 Å². The average molecular weight is 310 g/mol. The lowest BCUT2D eigenvalue weighted by Gasteiger charge is -2.03. The smallest absolute Gasteiger partial charge is 0.159 e. The number of halogens is 1. The summed E-state index contributed by atoms with van der Waals surface area (Å²) in [5.74, 6) is 0. The van der Waals surface area contributed by atoms with Gasteiger partial charge in [0.25, 0.3) is 0 Å². The first kappa shape index (κ1) is 11.8. The molecule has 0 aliphatic carbocycles. The van der Waals surface area contributed by atoms with E-state index < -0.39 is 0 Å². The average Bonchev–Trinajstić information content (AvgIpc) is 2.47. The highest BCUT2D eigenvalue weighted by atomic mass is 79.9. The van der Waals surface area contributed by atoms with E-state index in [2.05, 4.69) is 25.9 Å². The molecule has 90 valence electrons. The molecule has 19 heavy (non-hydrogen) atoms. The second-order valence-electron chi connectivity index (χ2n) is 4.08.